The molecule has 1 amide bonds. The van der Waals surface area contributed by atoms with Gasteiger partial charge in [0.2, 0.25) is 11.9 Å². The monoisotopic (exact) mass is 446 g/mol. The van der Waals surface area contributed by atoms with Crippen molar-refractivity contribution in [2.45, 2.75) is 27.3 Å². The third-order valence-corrected chi connectivity index (χ3v) is 5.23. The van der Waals surface area contributed by atoms with Gasteiger partial charge in [-0.3, -0.25) is 23.3 Å². The number of amides is 1. The van der Waals surface area contributed by atoms with Crippen LogP contribution in [0.2, 0.25) is 5.02 Å². The van der Waals surface area contributed by atoms with Gasteiger partial charge >= 0.3 is 5.69 Å². The minimum Gasteiger partial charge on any atom is -0.354 e. The highest BCUT2D eigenvalue weighted by molar-refractivity contribution is 6.30. The van der Waals surface area contributed by atoms with E-state index in [1.807, 2.05) is 32.9 Å². The second kappa shape index (κ2) is 8.58. The Morgan fingerprint density at radius 3 is 2.32 bits per heavy atom. The normalized spacial score (nSPS) is 11.7. The van der Waals surface area contributed by atoms with E-state index in [1.54, 1.807) is 23.7 Å². The Bertz CT molecular complexity index is 1230. The minimum atomic E-state index is -0.480. The van der Waals surface area contributed by atoms with Crippen LogP contribution in [-0.2, 0) is 25.4 Å². The number of aromatic nitrogens is 4. The van der Waals surface area contributed by atoms with Crippen LogP contribution in [0.5, 0.6) is 0 Å². The first kappa shape index (κ1) is 22.6. The molecule has 1 aromatic carbocycles. The number of benzene rings is 1. The Balaban J connectivity index is 1.97. The first-order valence-corrected chi connectivity index (χ1v) is 10.3. The van der Waals surface area contributed by atoms with Gasteiger partial charge in [-0.25, -0.2) is 4.79 Å². The second-order valence-electron chi connectivity index (χ2n) is 8.46. The number of nitrogens with zero attached hydrogens (tertiary/aromatic N) is 4. The van der Waals surface area contributed by atoms with Crippen molar-refractivity contribution in [3.8, 4) is 0 Å². The lowest BCUT2D eigenvalue weighted by Crippen LogP contribution is -2.37. The van der Waals surface area contributed by atoms with E-state index in [0.717, 1.165) is 10.1 Å². The van der Waals surface area contributed by atoms with E-state index < -0.39 is 16.7 Å². The number of anilines is 1. The highest BCUT2D eigenvalue weighted by Crippen LogP contribution is 2.19. The quantitative estimate of drug-likeness (QED) is 0.561. The zero-order valence-electron chi connectivity index (χ0n) is 18.3. The molecule has 2 heterocycles. The maximum absolute atomic E-state index is 12.9. The Kier molecular flexibility index (Phi) is 6.26. The number of aryl methyl sites for hydroxylation is 1. The zero-order valence-corrected chi connectivity index (χ0v) is 19.1. The predicted molar refractivity (Wildman–Crippen MR) is 122 cm³/mol. The molecule has 0 saturated heterocycles. The molecule has 3 aromatic rings. The molecule has 2 N–H and O–H groups in total. The van der Waals surface area contributed by atoms with Gasteiger partial charge in [-0.1, -0.05) is 44.5 Å². The van der Waals surface area contributed by atoms with Gasteiger partial charge in [0.15, 0.2) is 11.2 Å². The molecule has 166 valence electrons. The predicted octanol–water partition coefficient (Wildman–Crippen LogP) is 1.71. The maximum atomic E-state index is 12.9. The van der Waals surface area contributed by atoms with Crippen molar-refractivity contribution in [1.82, 2.24) is 24.0 Å². The third kappa shape index (κ3) is 4.66. The zero-order chi connectivity index (χ0) is 22.9. The van der Waals surface area contributed by atoms with Crippen LogP contribution in [0.1, 0.15) is 26.3 Å². The van der Waals surface area contributed by atoms with E-state index in [9.17, 15) is 14.4 Å². The molecule has 0 atom stereocenters. The van der Waals surface area contributed by atoms with Crippen molar-refractivity contribution in [1.29, 1.82) is 0 Å². The number of hydrogen-bond donors (Lipinski definition) is 2. The number of halogens is 1. The summed E-state index contributed by atoms with van der Waals surface area (Å²) in [5.41, 5.74) is 0.186. The maximum Gasteiger partial charge on any atom is 0.332 e. The smallest absolute Gasteiger partial charge is 0.332 e. The van der Waals surface area contributed by atoms with Crippen molar-refractivity contribution in [3.63, 3.8) is 0 Å². The molecule has 0 spiro atoms. The number of imidazole rings is 1. The summed E-state index contributed by atoms with van der Waals surface area (Å²) in [5.74, 6) is 0.383. The SMILES string of the molecule is Cn1c(=O)c2c(nc(NCCNC(=O)C(C)(C)C)n2Cc2ccc(Cl)cc2)n(C)c1=O. The summed E-state index contributed by atoms with van der Waals surface area (Å²) in [6, 6.07) is 7.29. The topological polar surface area (TPSA) is 103 Å². The lowest BCUT2D eigenvalue weighted by molar-refractivity contribution is -0.128. The van der Waals surface area contributed by atoms with E-state index in [-0.39, 0.29) is 5.91 Å². The fraction of sp³-hybridized carbons (Fsp3) is 0.429. The molecule has 0 fully saturated rings. The highest BCUT2D eigenvalue weighted by Gasteiger charge is 2.21. The molecule has 2 aromatic heterocycles. The standard InChI is InChI=1S/C21H27ClN6O3/c1-21(2,3)18(30)23-10-11-24-19-25-16-15(17(29)27(5)20(31)26(16)4)28(19)12-13-6-8-14(22)9-7-13/h6-9H,10-12H2,1-5H3,(H,23,30)(H,24,25). The van der Waals surface area contributed by atoms with Crippen LogP contribution in [0, 0.1) is 5.41 Å². The van der Waals surface area contributed by atoms with Gasteiger partial charge in [0.05, 0.1) is 6.54 Å². The van der Waals surface area contributed by atoms with E-state index in [2.05, 4.69) is 15.6 Å². The molecular weight excluding hydrogens is 420 g/mol. The van der Waals surface area contributed by atoms with Gasteiger partial charge in [-0.2, -0.15) is 4.98 Å². The van der Waals surface area contributed by atoms with E-state index in [1.165, 1.54) is 11.6 Å². The van der Waals surface area contributed by atoms with E-state index in [0.29, 0.717) is 41.8 Å². The van der Waals surface area contributed by atoms with E-state index >= 15 is 0 Å². The number of carbonyl (C=O) groups is 1. The number of nitrogens with one attached hydrogen (secondary N) is 2. The summed E-state index contributed by atoms with van der Waals surface area (Å²) in [5, 5.41) is 6.67. The Labute approximate surface area is 184 Å². The molecule has 0 bridgehead atoms. The molecule has 0 aliphatic carbocycles. The molecule has 0 radical (unpaired) electrons. The molecule has 31 heavy (non-hydrogen) atoms. The van der Waals surface area contributed by atoms with Gasteiger partial charge in [0.1, 0.15) is 0 Å². The molecule has 3 rings (SSSR count). The van der Waals surface area contributed by atoms with Crippen LogP contribution in [0.4, 0.5) is 5.95 Å². The van der Waals surface area contributed by atoms with Crippen molar-refractivity contribution in [2.24, 2.45) is 19.5 Å². The lowest BCUT2D eigenvalue weighted by Gasteiger charge is -2.18. The summed E-state index contributed by atoms with van der Waals surface area (Å²) in [6.45, 7) is 6.68. The number of carbonyl (C=O) groups excluding carboxylic acids is 1. The lowest BCUT2D eigenvalue weighted by atomic mass is 9.96. The Morgan fingerprint density at radius 1 is 1.06 bits per heavy atom. The summed E-state index contributed by atoms with van der Waals surface area (Å²) in [6.07, 6.45) is 0. The number of fused-ring (bicyclic) bond motifs is 1. The molecular formula is C21H27ClN6O3. The Morgan fingerprint density at radius 2 is 1.71 bits per heavy atom. The summed E-state index contributed by atoms with van der Waals surface area (Å²) in [4.78, 5) is 41.8. The van der Waals surface area contributed by atoms with Crippen LogP contribution >= 0.6 is 11.6 Å². The van der Waals surface area contributed by atoms with Gasteiger partial charge in [-0.15, -0.1) is 0 Å². The van der Waals surface area contributed by atoms with Gasteiger partial charge < -0.3 is 10.6 Å². The van der Waals surface area contributed by atoms with Crippen molar-refractivity contribution < 1.29 is 4.79 Å². The average Bonchev–Trinajstić information content (AvgIpc) is 3.07. The van der Waals surface area contributed by atoms with Gasteiger partial charge in [0, 0.05) is 37.6 Å². The molecule has 9 nitrogen and oxygen atoms in total. The first-order valence-electron chi connectivity index (χ1n) is 9.93. The molecule has 0 aliphatic rings. The van der Waals surface area contributed by atoms with Gasteiger partial charge in [0.25, 0.3) is 5.56 Å². The van der Waals surface area contributed by atoms with Crippen molar-refractivity contribution in [2.75, 3.05) is 18.4 Å². The Hall–Kier alpha value is -3.07. The summed E-state index contributed by atoms with van der Waals surface area (Å²) < 4.78 is 4.16. The number of hydrogen-bond acceptors (Lipinski definition) is 5. The van der Waals surface area contributed by atoms with Crippen LogP contribution in [-0.4, -0.2) is 37.7 Å². The van der Waals surface area contributed by atoms with Crippen LogP contribution in [0.15, 0.2) is 33.9 Å². The largest absolute Gasteiger partial charge is 0.354 e. The first-order chi connectivity index (χ1) is 14.5. The highest BCUT2D eigenvalue weighted by atomic mass is 35.5. The van der Waals surface area contributed by atoms with Gasteiger partial charge in [-0.05, 0) is 17.7 Å². The second-order valence-corrected chi connectivity index (χ2v) is 8.90. The van der Waals surface area contributed by atoms with Crippen molar-refractivity contribution in [3.05, 3.63) is 55.7 Å². The van der Waals surface area contributed by atoms with E-state index in [4.69, 9.17) is 11.6 Å². The summed E-state index contributed by atoms with van der Waals surface area (Å²) in [7, 11) is 3.02. The molecule has 10 heteroatoms. The van der Waals surface area contributed by atoms with Crippen LogP contribution in [0.3, 0.4) is 0 Å². The summed E-state index contributed by atoms with van der Waals surface area (Å²) >= 11 is 5.99. The average molecular weight is 447 g/mol. The molecule has 0 unspecified atom stereocenters. The van der Waals surface area contributed by atoms with Crippen LogP contribution < -0.4 is 21.9 Å². The third-order valence-electron chi connectivity index (χ3n) is 4.98. The van der Waals surface area contributed by atoms with Crippen molar-refractivity contribution >= 4 is 34.6 Å². The van der Waals surface area contributed by atoms with Crippen LogP contribution in [0.25, 0.3) is 11.2 Å². The fourth-order valence-electron chi connectivity index (χ4n) is 3.12. The fourth-order valence-corrected chi connectivity index (χ4v) is 3.25. The minimum absolute atomic E-state index is 0.0553. The molecule has 0 saturated carbocycles. The number of rotatable bonds is 6. The molecule has 0 aliphatic heterocycles.